The van der Waals surface area contributed by atoms with Crippen molar-refractivity contribution in [2.24, 2.45) is 0 Å². The highest BCUT2D eigenvalue weighted by atomic mass is 35.5. The van der Waals surface area contributed by atoms with Crippen molar-refractivity contribution in [3.8, 4) is 17.2 Å². The minimum absolute atomic E-state index is 0.0424. The third kappa shape index (κ3) is 6.80. The number of rotatable bonds is 11. The predicted molar refractivity (Wildman–Crippen MR) is 135 cm³/mol. The fraction of sp³-hybridized carbons (Fsp3) is 0.240. The summed E-state index contributed by atoms with van der Waals surface area (Å²) in [4.78, 5) is 12.8. The van der Waals surface area contributed by atoms with Crippen LogP contribution in [-0.4, -0.2) is 48.2 Å². The van der Waals surface area contributed by atoms with E-state index in [0.29, 0.717) is 16.5 Å². The number of anilines is 1. The van der Waals surface area contributed by atoms with E-state index in [9.17, 15) is 13.2 Å². The van der Waals surface area contributed by atoms with Crippen LogP contribution in [0.1, 0.15) is 5.56 Å². The Hall–Kier alpha value is -3.43. The molecule has 0 saturated heterocycles. The molecule has 3 aromatic carbocycles. The van der Waals surface area contributed by atoms with E-state index in [1.165, 1.54) is 25.3 Å². The molecular weight excluding hydrogens is 492 g/mol. The van der Waals surface area contributed by atoms with Gasteiger partial charge in [0.25, 0.3) is 10.0 Å². The maximum atomic E-state index is 13.5. The summed E-state index contributed by atoms with van der Waals surface area (Å²) < 4.78 is 44.1. The van der Waals surface area contributed by atoms with Crippen LogP contribution < -0.4 is 23.8 Å². The SMILES string of the molecule is COc1ccc(OCCNC(=O)CN(c2cc(Cl)ccc2OC)S(=O)(=O)c2ccc(C)cc2)cc1. The Kier molecular flexibility index (Phi) is 8.84. The highest BCUT2D eigenvalue weighted by Crippen LogP contribution is 2.34. The van der Waals surface area contributed by atoms with E-state index in [-0.39, 0.29) is 29.5 Å². The first kappa shape index (κ1) is 26.2. The van der Waals surface area contributed by atoms with E-state index >= 15 is 0 Å². The number of hydrogen-bond donors (Lipinski definition) is 1. The van der Waals surface area contributed by atoms with Crippen LogP contribution in [0, 0.1) is 6.92 Å². The van der Waals surface area contributed by atoms with Crippen LogP contribution in [0.15, 0.2) is 71.6 Å². The van der Waals surface area contributed by atoms with Gasteiger partial charge in [0.2, 0.25) is 5.91 Å². The van der Waals surface area contributed by atoms with Crippen LogP contribution in [0.25, 0.3) is 0 Å². The van der Waals surface area contributed by atoms with Gasteiger partial charge in [-0.1, -0.05) is 29.3 Å². The molecule has 0 heterocycles. The van der Waals surface area contributed by atoms with E-state index in [4.69, 9.17) is 25.8 Å². The van der Waals surface area contributed by atoms with Gasteiger partial charge in [-0.15, -0.1) is 0 Å². The zero-order chi connectivity index (χ0) is 25.4. The van der Waals surface area contributed by atoms with Crippen molar-refractivity contribution in [2.45, 2.75) is 11.8 Å². The molecule has 0 unspecified atom stereocenters. The lowest BCUT2D eigenvalue weighted by atomic mass is 10.2. The number of hydrogen-bond acceptors (Lipinski definition) is 6. The van der Waals surface area contributed by atoms with Gasteiger partial charge in [-0.05, 0) is 61.5 Å². The second kappa shape index (κ2) is 11.8. The molecule has 0 aliphatic rings. The summed E-state index contributed by atoms with van der Waals surface area (Å²) in [7, 11) is -1.11. The molecule has 0 atom stereocenters. The summed E-state index contributed by atoms with van der Waals surface area (Å²) in [5, 5.41) is 3.00. The van der Waals surface area contributed by atoms with Gasteiger partial charge in [-0.3, -0.25) is 9.10 Å². The van der Waals surface area contributed by atoms with Gasteiger partial charge in [0.15, 0.2) is 0 Å². The standard InChI is InChI=1S/C25H27ClN2O6S/c1-18-4-11-22(12-5-18)35(30,31)28(23-16-19(26)6-13-24(23)33-3)17-25(29)27-14-15-34-21-9-7-20(32-2)8-10-21/h4-13,16H,14-15,17H2,1-3H3,(H,27,29). The number of nitrogens with one attached hydrogen (secondary N) is 1. The van der Waals surface area contributed by atoms with E-state index in [1.54, 1.807) is 55.6 Å². The quantitative estimate of drug-likeness (QED) is 0.385. The Morgan fingerprint density at radius 3 is 2.23 bits per heavy atom. The van der Waals surface area contributed by atoms with Crippen LogP contribution in [-0.2, 0) is 14.8 Å². The minimum atomic E-state index is -4.10. The monoisotopic (exact) mass is 518 g/mol. The molecule has 10 heteroatoms. The summed E-state index contributed by atoms with van der Waals surface area (Å²) in [5.74, 6) is 1.08. The van der Waals surface area contributed by atoms with Gasteiger partial charge < -0.3 is 19.5 Å². The number of carbonyl (C=O) groups is 1. The van der Waals surface area contributed by atoms with Crippen molar-refractivity contribution in [1.29, 1.82) is 0 Å². The van der Waals surface area contributed by atoms with E-state index in [1.807, 2.05) is 6.92 Å². The number of carbonyl (C=O) groups excluding carboxylic acids is 1. The summed E-state index contributed by atoms with van der Waals surface area (Å²) in [6.45, 7) is 1.75. The Morgan fingerprint density at radius 1 is 0.943 bits per heavy atom. The molecule has 0 fully saturated rings. The number of nitrogens with zero attached hydrogens (tertiary/aromatic N) is 1. The van der Waals surface area contributed by atoms with Gasteiger partial charge in [-0.2, -0.15) is 0 Å². The summed E-state index contributed by atoms with van der Waals surface area (Å²) in [6, 6.07) is 18.0. The van der Waals surface area contributed by atoms with Crippen molar-refractivity contribution in [3.05, 3.63) is 77.3 Å². The molecule has 35 heavy (non-hydrogen) atoms. The topological polar surface area (TPSA) is 94.2 Å². The molecule has 3 aromatic rings. The lowest BCUT2D eigenvalue weighted by molar-refractivity contribution is -0.119. The van der Waals surface area contributed by atoms with Crippen LogP contribution in [0.5, 0.6) is 17.2 Å². The van der Waals surface area contributed by atoms with Crippen molar-refractivity contribution in [2.75, 3.05) is 38.2 Å². The molecular formula is C25H27ClN2O6S. The van der Waals surface area contributed by atoms with Crippen LogP contribution in [0.4, 0.5) is 5.69 Å². The summed E-state index contributed by atoms with van der Waals surface area (Å²) in [5.41, 5.74) is 1.07. The van der Waals surface area contributed by atoms with E-state index in [2.05, 4.69) is 5.32 Å². The molecule has 1 N–H and O–H groups in total. The fourth-order valence-electron chi connectivity index (χ4n) is 3.21. The second-order valence-electron chi connectivity index (χ2n) is 7.51. The molecule has 0 spiro atoms. The number of aryl methyl sites for hydroxylation is 1. The smallest absolute Gasteiger partial charge is 0.264 e. The third-order valence-electron chi connectivity index (χ3n) is 5.06. The van der Waals surface area contributed by atoms with Gasteiger partial charge in [0.1, 0.15) is 30.4 Å². The zero-order valence-corrected chi connectivity index (χ0v) is 21.2. The number of halogens is 1. The average molecular weight is 519 g/mol. The molecule has 0 aliphatic heterocycles. The normalized spacial score (nSPS) is 11.0. The molecule has 3 rings (SSSR count). The van der Waals surface area contributed by atoms with Gasteiger partial charge in [-0.25, -0.2) is 8.42 Å². The molecule has 0 aliphatic carbocycles. The Labute approximate surface area is 210 Å². The van der Waals surface area contributed by atoms with Crippen molar-refractivity contribution in [3.63, 3.8) is 0 Å². The maximum Gasteiger partial charge on any atom is 0.264 e. The van der Waals surface area contributed by atoms with Crippen LogP contribution in [0.3, 0.4) is 0 Å². The number of amides is 1. The highest BCUT2D eigenvalue weighted by molar-refractivity contribution is 7.92. The molecule has 8 nitrogen and oxygen atoms in total. The Balaban J connectivity index is 1.76. The van der Waals surface area contributed by atoms with Crippen LogP contribution >= 0.6 is 11.6 Å². The van der Waals surface area contributed by atoms with Crippen LogP contribution in [0.2, 0.25) is 5.02 Å². The Morgan fingerprint density at radius 2 is 1.60 bits per heavy atom. The molecule has 0 bridgehead atoms. The lowest BCUT2D eigenvalue weighted by Gasteiger charge is -2.26. The Bertz CT molecular complexity index is 1250. The first-order valence-electron chi connectivity index (χ1n) is 10.7. The molecule has 0 saturated carbocycles. The highest BCUT2D eigenvalue weighted by Gasteiger charge is 2.29. The van der Waals surface area contributed by atoms with Gasteiger partial charge >= 0.3 is 0 Å². The largest absolute Gasteiger partial charge is 0.497 e. The number of methoxy groups -OCH3 is 2. The van der Waals surface area contributed by atoms with E-state index < -0.39 is 22.5 Å². The number of ether oxygens (including phenoxy) is 3. The third-order valence-corrected chi connectivity index (χ3v) is 7.07. The summed E-state index contributed by atoms with van der Waals surface area (Å²) >= 11 is 6.15. The molecule has 186 valence electrons. The molecule has 0 radical (unpaired) electrons. The molecule has 1 amide bonds. The summed E-state index contributed by atoms with van der Waals surface area (Å²) in [6.07, 6.45) is 0. The fourth-order valence-corrected chi connectivity index (χ4v) is 4.80. The number of benzene rings is 3. The van der Waals surface area contributed by atoms with E-state index in [0.717, 1.165) is 9.87 Å². The van der Waals surface area contributed by atoms with Gasteiger partial charge in [0, 0.05) is 5.02 Å². The first-order valence-corrected chi connectivity index (χ1v) is 12.5. The predicted octanol–water partition coefficient (Wildman–Crippen LogP) is 4.06. The van der Waals surface area contributed by atoms with Crippen molar-refractivity contribution in [1.82, 2.24) is 5.32 Å². The zero-order valence-electron chi connectivity index (χ0n) is 19.7. The second-order valence-corrected chi connectivity index (χ2v) is 9.81. The lowest BCUT2D eigenvalue weighted by Crippen LogP contribution is -2.42. The van der Waals surface area contributed by atoms with Crippen molar-refractivity contribution >= 4 is 33.2 Å². The molecule has 0 aromatic heterocycles. The minimum Gasteiger partial charge on any atom is -0.497 e. The van der Waals surface area contributed by atoms with Gasteiger partial charge in [0.05, 0.1) is 31.3 Å². The number of sulfonamides is 1. The van der Waals surface area contributed by atoms with Crippen molar-refractivity contribution < 1.29 is 27.4 Å². The maximum absolute atomic E-state index is 13.5. The first-order chi connectivity index (χ1) is 16.7. The average Bonchev–Trinajstić information content (AvgIpc) is 2.85.